The maximum Gasteiger partial charge on any atom is 0.341 e. The molecule has 0 bridgehead atoms. The molecule has 0 amide bonds. The van der Waals surface area contributed by atoms with Gasteiger partial charge in [-0.25, -0.2) is 9.78 Å². The van der Waals surface area contributed by atoms with Crippen LogP contribution in [0.2, 0.25) is 0 Å². The maximum absolute atomic E-state index is 11.5. The molecule has 1 unspecified atom stereocenters. The number of nitrogens with zero attached hydrogens (tertiary/aromatic N) is 1. The number of aliphatic hydroxyl groups excluding tert-OH is 1. The molecule has 5 heteroatoms. The lowest BCUT2D eigenvalue weighted by Crippen LogP contribution is -2.23. The van der Waals surface area contributed by atoms with Gasteiger partial charge in [0.2, 0.25) is 0 Å². The van der Waals surface area contributed by atoms with Gasteiger partial charge in [0.05, 0.1) is 13.2 Å². The van der Waals surface area contributed by atoms with Crippen LogP contribution in [0.5, 0.6) is 0 Å². The minimum Gasteiger partial charge on any atom is -0.465 e. The summed E-state index contributed by atoms with van der Waals surface area (Å²) in [4.78, 5) is 15.5. The van der Waals surface area contributed by atoms with Crippen molar-refractivity contribution in [2.75, 3.05) is 19.0 Å². The summed E-state index contributed by atoms with van der Waals surface area (Å²) < 4.78 is 4.66. The van der Waals surface area contributed by atoms with Gasteiger partial charge in [-0.15, -0.1) is 0 Å². The summed E-state index contributed by atoms with van der Waals surface area (Å²) in [6.45, 7) is 0.408. The Kier molecular flexibility index (Phi) is 3.58. The molecule has 1 atom stereocenters. The van der Waals surface area contributed by atoms with E-state index < -0.39 is 5.97 Å². The molecule has 1 aromatic rings. The van der Waals surface area contributed by atoms with Crippen molar-refractivity contribution in [2.24, 2.45) is 5.92 Å². The van der Waals surface area contributed by atoms with Crippen molar-refractivity contribution >= 4 is 11.8 Å². The molecule has 0 aromatic carbocycles. The number of aromatic nitrogens is 1. The molecule has 1 fully saturated rings. The molecule has 17 heavy (non-hydrogen) atoms. The number of ether oxygens (including phenoxy) is 1. The summed E-state index contributed by atoms with van der Waals surface area (Å²) in [6.07, 6.45) is 3.38. The average Bonchev–Trinajstić information content (AvgIpc) is 3.19. The lowest BCUT2D eigenvalue weighted by atomic mass is 10.2. The summed E-state index contributed by atoms with van der Waals surface area (Å²) in [5, 5.41) is 12.7. The Morgan fingerprint density at radius 3 is 3.12 bits per heavy atom. The highest BCUT2D eigenvalue weighted by atomic mass is 16.5. The molecule has 1 aliphatic rings. The monoisotopic (exact) mass is 236 g/mol. The third kappa shape index (κ3) is 2.94. The zero-order valence-corrected chi connectivity index (χ0v) is 9.72. The molecule has 1 aliphatic carbocycles. The van der Waals surface area contributed by atoms with E-state index in [2.05, 4.69) is 15.0 Å². The van der Waals surface area contributed by atoms with Crippen molar-refractivity contribution in [3.63, 3.8) is 0 Å². The van der Waals surface area contributed by atoms with Crippen LogP contribution in [0.25, 0.3) is 0 Å². The summed E-state index contributed by atoms with van der Waals surface area (Å²) in [5.41, 5.74) is 0.387. The number of aliphatic hydroxyl groups is 1. The molecular formula is C12H16N2O3. The SMILES string of the molecule is COC(=O)c1cccnc1NCC(O)C1CC1. The topological polar surface area (TPSA) is 71.5 Å². The molecule has 2 rings (SSSR count). The molecule has 2 N–H and O–H groups in total. The van der Waals surface area contributed by atoms with Crippen LogP contribution in [0.15, 0.2) is 18.3 Å². The number of esters is 1. The van der Waals surface area contributed by atoms with Gasteiger partial charge in [0.25, 0.3) is 0 Å². The Hall–Kier alpha value is -1.62. The van der Waals surface area contributed by atoms with Gasteiger partial charge in [-0.2, -0.15) is 0 Å². The van der Waals surface area contributed by atoms with Crippen LogP contribution in [-0.4, -0.2) is 35.8 Å². The summed E-state index contributed by atoms with van der Waals surface area (Å²) in [7, 11) is 1.33. The van der Waals surface area contributed by atoms with Crippen LogP contribution in [0, 0.1) is 5.92 Å². The molecule has 0 spiro atoms. The fraction of sp³-hybridized carbons (Fsp3) is 0.500. The predicted octanol–water partition coefficient (Wildman–Crippen LogP) is 1.05. The van der Waals surface area contributed by atoms with E-state index in [1.54, 1.807) is 18.3 Å². The van der Waals surface area contributed by atoms with Crippen molar-refractivity contribution in [2.45, 2.75) is 18.9 Å². The number of rotatable bonds is 5. The highest BCUT2D eigenvalue weighted by Gasteiger charge is 2.29. The number of anilines is 1. The van der Waals surface area contributed by atoms with E-state index in [1.807, 2.05) is 0 Å². The van der Waals surface area contributed by atoms with Gasteiger partial charge in [0.15, 0.2) is 0 Å². The van der Waals surface area contributed by atoms with Crippen LogP contribution >= 0.6 is 0 Å². The Balaban J connectivity index is 2.01. The molecular weight excluding hydrogens is 220 g/mol. The predicted molar refractivity (Wildman–Crippen MR) is 62.8 cm³/mol. The van der Waals surface area contributed by atoms with Crippen molar-refractivity contribution in [1.82, 2.24) is 4.98 Å². The Morgan fingerprint density at radius 2 is 2.47 bits per heavy atom. The number of carbonyl (C=O) groups excluding carboxylic acids is 1. The highest BCUT2D eigenvalue weighted by molar-refractivity contribution is 5.94. The Morgan fingerprint density at radius 1 is 1.71 bits per heavy atom. The molecule has 0 saturated heterocycles. The summed E-state index contributed by atoms with van der Waals surface area (Å²) in [6, 6.07) is 3.32. The van der Waals surface area contributed by atoms with E-state index in [0.717, 1.165) is 12.8 Å². The summed E-state index contributed by atoms with van der Waals surface area (Å²) in [5.74, 6) is 0.424. The van der Waals surface area contributed by atoms with Crippen molar-refractivity contribution in [3.8, 4) is 0 Å². The van der Waals surface area contributed by atoms with Gasteiger partial charge in [-0.1, -0.05) is 0 Å². The Bertz CT molecular complexity index is 404. The van der Waals surface area contributed by atoms with E-state index in [0.29, 0.717) is 23.8 Å². The normalized spacial score (nSPS) is 16.4. The third-order valence-electron chi connectivity index (χ3n) is 2.86. The summed E-state index contributed by atoms with van der Waals surface area (Å²) >= 11 is 0. The van der Waals surface area contributed by atoms with Gasteiger partial charge in [-0.3, -0.25) is 0 Å². The molecule has 5 nitrogen and oxygen atoms in total. The van der Waals surface area contributed by atoms with Gasteiger partial charge in [0, 0.05) is 12.7 Å². The van der Waals surface area contributed by atoms with E-state index in [4.69, 9.17) is 0 Å². The molecule has 92 valence electrons. The number of nitrogens with one attached hydrogen (secondary N) is 1. The molecule has 1 aromatic heterocycles. The van der Waals surface area contributed by atoms with E-state index in [1.165, 1.54) is 7.11 Å². The first-order valence-electron chi connectivity index (χ1n) is 5.67. The number of hydrogen-bond acceptors (Lipinski definition) is 5. The van der Waals surface area contributed by atoms with E-state index >= 15 is 0 Å². The average molecular weight is 236 g/mol. The van der Waals surface area contributed by atoms with Crippen LogP contribution in [0.4, 0.5) is 5.82 Å². The second-order valence-electron chi connectivity index (χ2n) is 4.18. The van der Waals surface area contributed by atoms with Crippen molar-refractivity contribution in [3.05, 3.63) is 23.9 Å². The third-order valence-corrected chi connectivity index (χ3v) is 2.86. The minimum atomic E-state index is -0.429. The molecule has 1 saturated carbocycles. The van der Waals surface area contributed by atoms with Gasteiger partial charge >= 0.3 is 5.97 Å². The molecule has 0 radical (unpaired) electrons. The van der Waals surface area contributed by atoms with Crippen LogP contribution in [0.1, 0.15) is 23.2 Å². The van der Waals surface area contributed by atoms with Crippen LogP contribution in [0.3, 0.4) is 0 Å². The number of hydrogen-bond donors (Lipinski definition) is 2. The maximum atomic E-state index is 11.5. The standard InChI is InChI=1S/C12H16N2O3/c1-17-12(16)9-3-2-6-13-11(9)14-7-10(15)8-4-5-8/h2-3,6,8,10,15H,4-5,7H2,1H3,(H,13,14). The zero-order chi connectivity index (χ0) is 12.3. The second-order valence-corrected chi connectivity index (χ2v) is 4.18. The first kappa shape index (κ1) is 11.9. The molecule has 1 heterocycles. The minimum absolute atomic E-state index is 0.373. The fourth-order valence-electron chi connectivity index (χ4n) is 1.67. The zero-order valence-electron chi connectivity index (χ0n) is 9.72. The number of methoxy groups -OCH3 is 1. The van der Waals surface area contributed by atoms with Crippen molar-refractivity contribution in [1.29, 1.82) is 0 Å². The van der Waals surface area contributed by atoms with Crippen LogP contribution in [-0.2, 0) is 4.74 Å². The quantitative estimate of drug-likeness (QED) is 0.748. The van der Waals surface area contributed by atoms with Crippen LogP contribution < -0.4 is 5.32 Å². The lowest BCUT2D eigenvalue weighted by Gasteiger charge is -2.13. The fourth-order valence-corrected chi connectivity index (χ4v) is 1.67. The van der Waals surface area contributed by atoms with E-state index in [-0.39, 0.29) is 6.10 Å². The van der Waals surface area contributed by atoms with Gasteiger partial charge in [-0.05, 0) is 30.9 Å². The first-order chi connectivity index (χ1) is 8.22. The van der Waals surface area contributed by atoms with E-state index in [9.17, 15) is 9.90 Å². The van der Waals surface area contributed by atoms with Gasteiger partial charge in [0.1, 0.15) is 11.4 Å². The largest absolute Gasteiger partial charge is 0.465 e. The smallest absolute Gasteiger partial charge is 0.341 e. The Labute approximate surface area is 99.8 Å². The lowest BCUT2D eigenvalue weighted by molar-refractivity contribution is 0.0601. The highest BCUT2D eigenvalue weighted by Crippen LogP contribution is 2.32. The number of pyridine rings is 1. The van der Waals surface area contributed by atoms with Crippen molar-refractivity contribution < 1.29 is 14.6 Å². The second kappa shape index (κ2) is 5.14. The molecule has 0 aliphatic heterocycles. The number of carbonyl (C=O) groups is 1. The van der Waals surface area contributed by atoms with Gasteiger partial charge < -0.3 is 15.2 Å². The first-order valence-corrected chi connectivity index (χ1v) is 5.67.